The van der Waals surface area contributed by atoms with Crippen LogP contribution in [0.3, 0.4) is 0 Å². The number of rotatable bonds is 4. The Morgan fingerprint density at radius 2 is 2.20 bits per heavy atom. The molecule has 0 aliphatic carbocycles. The Bertz CT molecular complexity index is 143. The molecule has 0 aromatic carbocycles. The number of carboxylic acids is 1. The van der Waals surface area contributed by atoms with Crippen molar-refractivity contribution in [2.45, 2.75) is 6.92 Å². The molecule has 0 rings (SSSR count). The first-order chi connectivity index (χ1) is 4.57. The summed E-state index contributed by atoms with van der Waals surface area (Å²) < 4.78 is 0. The second-order valence-corrected chi connectivity index (χ2v) is 2.24. The van der Waals surface area contributed by atoms with Crippen LogP contribution in [0.1, 0.15) is 6.92 Å². The van der Waals surface area contributed by atoms with Crippen molar-refractivity contribution in [3.63, 3.8) is 0 Å². The summed E-state index contributed by atoms with van der Waals surface area (Å²) in [6, 6.07) is 0. The minimum atomic E-state index is -0.916. The molecule has 3 nitrogen and oxygen atoms in total. The van der Waals surface area contributed by atoms with Gasteiger partial charge in [0.1, 0.15) is 0 Å². The van der Waals surface area contributed by atoms with Gasteiger partial charge < -0.3 is 10.0 Å². The highest BCUT2D eigenvalue weighted by Gasteiger charge is 2.04. The molecule has 58 valence electrons. The molecule has 0 heterocycles. The first-order valence-corrected chi connectivity index (χ1v) is 3.17. The van der Waals surface area contributed by atoms with Crippen LogP contribution in [0.25, 0.3) is 0 Å². The fourth-order valence-corrected chi connectivity index (χ4v) is 0.505. The second-order valence-electron chi connectivity index (χ2n) is 2.24. The third-order valence-corrected chi connectivity index (χ3v) is 1.30. The molecular weight excluding hydrogens is 130 g/mol. The minimum absolute atomic E-state index is 0.240. The first kappa shape index (κ1) is 9.17. The van der Waals surface area contributed by atoms with E-state index >= 15 is 0 Å². The van der Waals surface area contributed by atoms with Crippen molar-refractivity contribution in [3.05, 3.63) is 12.2 Å². The average Bonchev–Trinajstić information content (AvgIpc) is 1.87. The Balaban J connectivity index is 3.68. The van der Waals surface area contributed by atoms with E-state index in [2.05, 4.69) is 6.58 Å². The van der Waals surface area contributed by atoms with Crippen molar-refractivity contribution in [1.29, 1.82) is 0 Å². The van der Waals surface area contributed by atoms with Gasteiger partial charge in [0.15, 0.2) is 0 Å². The maximum absolute atomic E-state index is 10.2. The molecule has 0 saturated heterocycles. The topological polar surface area (TPSA) is 40.5 Å². The van der Waals surface area contributed by atoms with Crippen LogP contribution in [0.2, 0.25) is 0 Å². The molecule has 0 radical (unpaired) electrons. The summed E-state index contributed by atoms with van der Waals surface area (Å²) in [5.74, 6) is -0.916. The maximum atomic E-state index is 10.2. The predicted octanol–water partition coefficient (Wildman–Crippen LogP) is 0.579. The van der Waals surface area contributed by atoms with Gasteiger partial charge in [-0.15, -0.1) is 0 Å². The number of aliphatic carboxylic acids is 1. The molecule has 0 aromatic heterocycles. The van der Waals surface area contributed by atoms with E-state index < -0.39 is 5.97 Å². The van der Waals surface area contributed by atoms with Crippen LogP contribution in [-0.4, -0.2) is 36.1 Å². The van der Waals surface area contributed by atoms with Crippen LogP contribution in [-0.2, 0) is 4.79 Å². The van der Waals surface area contributed by atoms with E-state index in [9.17, 15) is 4.79 Å². The molecule has 0 unspecified atom stereocenters. The van der Waals surface area contributed by atoms with Crippen molar-refractivity contribution < 1.29 is 9.90 Å². The van der Waals surface area contributed by atoms with Gasteiger partial charge >= 0.3 is 5.97 Å². The van der Waals surface area contributed by atoms with Crippen LogP contribution < -0.4 is 0 Å². The molecule has 3 heteroatoms. The lowest BCUT2D eigenvalue weighted by molar-refractivity contribution is -0.132. The number of likely N-dealkylation sites (N-methyl/N-ethyl adjacent to an activating group) is 1. The fourth-order valence-electron chi connectivity index (χ4n) is 0.505. The first-order valence-electron chi connectivity index (χ1n) is 3.17. The van der Waals surface area contributed by atoms with Crippen LogP contribution in [0.15, 0.2) is 12.2 Å². The zero-order valence-electron chi connectivity index (χ0n) is 6.42. The third-order valence-electron chi connectivity index (χ3n) is 1.30. The van der Waals surface area contributed by atoms with Crippen LogP contribution in [0.4, 0.5) is 0 Å². The Labute approximate surface area is 61.0 Å². The number of hydrogen-bond acceptors (Lipinski definition) is 2. The monoisotopic (exact) mass is 143 g/mol. The van der Waals surface area contributed by atoms with Gasteiger partial charge in [-0.2, -0.15) is 0 Å². The van der Waals surface area contributed by atoms with Crippen molar-refractivity contribution in [2.24, 2.45) is 0 Å². The van der Waals surface area contributed by atoms with E-state index in [4.69, 9.17) is 5.11 Å². The van der Waals surface area contributed by atoms with Gasteiger partial charge in [-0.05, 0) is 13.6 Å². The fraction of sp³-hybridized carbons (Fsp3) is 0.571. The summed E-state index contributed by atoms with van der Waals surface area (Å²) >= 11 is 0. The molecule has 0 amide bonds. The highest BCUT2D eigenvalue weighted by atomic mass is 16.4. The number of carbonyl (C=O) groups is 1. The molecule has 0 aliphatic rings. The lowest BCUT2D eigenvalue weighted by Gasteiger charge is -2.12. The minimum Gasteiger partial charge on any atom is -0.478 e. The van der Waals surface area contributed by atoms with Gasteiger partial charge in [0.25, 0.3) is 0 Å². The standard InChI is InChI=1S/C7H13NO2/c1-4-8(3)5-6(2)7(9)10/h2,4-5H2,1,3H3,(H,9,10). The summed E-state index contributed by atoms with van der Waals surface area (Å²) in [5, 5.41) is 8.40. The highest BCUT2D eigenvalue weighted by Crippen LogP contribution is 1.92. The van der Waals surface area contributed by atoms with Gasteiger partial charge in [-0.3, -0.25) is 0 Å². The smallest absolute Gasteiger partial charge is 0.332 e. The van der Waals surface area contributed by atoms with E-state index in [1.165, 1.54) is 0 Å². The molecule has 0 spiro atoms. The van der Waals surface area contributed by atoms with Crippen LogP contribution in [0, 0.1) is 0 Å². The summed E-state index contributed by atoms with van der Waals surface area (Å²) in [5.41, 5.74) is 0.240. The lowest BCUT2D eigenvalue weighted by atomic mass is 10.3. The number of carboxylic acid groups (broad SMARTS) is 1. The molecule has 0 saturated carbocycles. The van der Waals surface area contributed by atoms with Crippen molar-refractivity contribution in [3.8, 4) is 0 Å². The molecule has 0 aliphatic heterocycles. The van der Waals surface area contributed by atoms with E-state index in [0.717, 1.165) is 6.54 Å². The van der Waals surface area contributed by atoms with Gasteiger partial charge in [0.2, 0.25) is 0 Å². The molecule has 1 N–H and O–H groups in total. The number of nitrogens with zero attached hydrogens (tertiary/aromatic N) is 1. The average molecular weight is 143 g/mol. The molecule has 10 heavy (non-hydrogen) atoms. The quantitative estimate of drug-likeness (QED) is 0.585. The zero-order valence-corrected chi connectivity index (χ0v) is 6.42. The summed E-state index contributed by atoms with van der Waals surface area (Å²) in [6.07, 6.45) is 0. The zero-order chi connectivity index (χ0) is 8.15. The van der Waals surface area contributed by atoms with E-state index in [0.29, 0.717) is 6.54 Å². The van der Waals surface area contributed by atoms with E-state index in [1.807, 2.05) is 18.9 Å². The Hall–Kier alpha value is -0.830. The van der Waals surface area contributed by atoms with E-state index in [1.54, 1.807) is 0 Å². The van der Waals surface area contributed by atoms with Crippen LogP contribution in [0.5, 0.6) is 0 Å². The van der Waals surface area contributed by atoms with E-state index in [-0.39, 0.29) is 5.57 Å². The SMILES string of the molecule is C=C(CN(C)CC)C(=O)O. The van der Waals surface area contributed by atoms with Crippen LogP contribution >= 0.6 is 0 Å². The maximum Gasteiger partial charge on any atom is 0.332 e. The normalized spacial score (nSPS) is 9.90. The summed E-state index contributed by atoms with van der Waals surface area (Å²) in [6.45, 7) is 6.64. The molecule has 0 atom stereocenters. The highest BCUT2D eigenvalue weighted by molar-refractivity contribution is 5.86. The van der Waals surface area contributed by atoms with Crippen molar-refractivity contribution in [2.75, 3.05) is 20.1 Å². The summed E-state index contributed by atoms with van der Waals surface area (Å²) in [4.78, 5) is 12.1. The lowest BCUT2D eigenvalue weighted by Crippen LogP contribution is -2.22. The van der Waals surface area contributed by atoms with Crippen molar-refractivity contribution in [1.82, 2.24) is 4.90 Å². The largest absolute Gasteiger partial charge is 0.478 e. The summed E-state index contributed by atoms with van der Waals surface area (Å²) in [7, 11) is 1.86. The molecule has 0 aromatic rings. The molecular formula is C7H13NO2. The Morgan fingerprint density at radius 3 is 2.50 bits per heavy atom. The van der Waals surface area contributed by atoms with Gasteiger partial charge in [-0.1, -0.05) is 13.5 Å². The number of hydrogen-bond donors (Lipinski definition) is 1. The van der Waals surface area contributed by atoms with Gasteiger partial charge in [-0.25, -0.2) is 4.79 Å². The second kappa shape index (κ2) is 4.06. The van der Waals surface area contributed by atoms with Crippen molar-refractivity contribution >= 4 is 5.97 Å². The Kier molecular flexibility index (Phi) is 3.72. The predicted molar refractivity (Wildman–Crippen MR) is 39.9 cm³/mol. The third kappa shape index (κ3) is 3.25. The van der Waals surface area contributed by atoms with Gasteiger partial charge in [0, 0.05) is 12.1 Å². The molecule has 0 bridgehead atoms. The molecule has 0 fully saturated rings. The Morgan fingerprint density at radius 1 is 1.70 bits per heavy atom. The van der Waals surface area contributed by atoms with Gasteiger partial charge in [0.05, 0.1) is 0 Å².